The van der Waals surface area contributed by atoms with E-state index in [0.717, 1.165) is 12.8 Å². The fourth-order valence-electron chi connectivity index (χ4n) is 3.14. The number of benzene rings is 2. The highest BCUT2D eigenvalue weighted by atomic mass is 16.5. The van der Waals surface area contributed by atoms with E-state index in [4.69, 9.17) is 9.47 Å². The highest BCUT2D eigenvalue weighted by Crippen LogP contribution is 2.33. The number of amides is 3. The second kappa shape index (κ2) is 10.3. The zero-order valence-corrected chi connectivity index (χ0v) is 16.8. The van der Waals surface area contributed by atoms with Crippen LogP contribution in [0.2, 0.25) is 0 Å². The van der Waals surface area contributed by atoms with Crippen LogP contribution >= 0.6 is 0 Å². The number of ether oxygens (including phenoxy) is 2. The largest absolute Gasteiger partial charge is 0.495 e. The first kappa shape index (κ1) is 21.2. The van der Waals surface area contributed by atoms with Crippen molar-refractivity contribution in [3.8, 4) is 11.5 Å². The first-order chi connectivity index (χ1) is 14.6. The molecular weight excluding hydrogens is 386 g/mol. The molecule has 0 unspecified atom stereocenters. The Labute approximate surface area is 175 Å². The standard InChI is InChI=1S/C22H25N3O5/c1-29-19-11-10-16(13-18(19)25-12-6-5-9-22(25)28)24-20(26)14-23-21(27)15-30-17-7-3-2-4-8-17/h2-4,7-8,10-11,13H,5-6,9,12,14-15H2,1H3,(H,23,27)(H,24,26). The molecule has 0 atom stereocenters. The van der Waals surface area contributed by atoms with Crippen LogP contribution in [0.25, 0.3) is 0 Å². The molecule has 1 aliphatic rings. The number of nitrogens with one attached hydrogen (secondary N) is 2. The Balaban J connectivity index is 1.53. The molecule has 2 aromatic carbocycles. The fourth-order valence-corrected chi connectivity index (χ4v) is 3.14. The summed E-state index contributed by atoms with van der Waals surface area (Å²) in [4.78, 5) is 38.0. The van der Waals surface area contributed by atoms with E-state index in [9.17, 15) is 14.4 Å². The number of rotatable bonds is 8. The molecule has 30 heavy (non-hydrogen) atoms. The topological polar surface area (TPSA) is 97.0 Å². The Morgan fingerprint density at radius 3 is 2.60 bits per heavy atom. The molecule has 1 fully saturated rings. The third kappa shape index (κ3) is 5.73. The van der Waals surface area contributed by atoms with Crippen molar-refractivity contribution in [2.45, 2.75) is 19.3 Å². The van der Waals surface area contributed by atoms with Crippen molar-refractivity contribution in [1.29, 1.82) is 0 Å². The Bertz CT molecular complexity index is 901. The number of hydrogen-bond acceptors (Lipinski definition) is 5. The highest BCUT2D eigenvalue weighted by Gasteiger charge is 2.23. The number of hydrogen-bond donors (Lipinski definition) is 2. The number of anilines is 2. The SMILES string of the molecule is COc1ccc(NC(=O)CNC(=O)COc2ccccc2)cc1N1CCCCC1=O. The minimum atomic E-state index is -0.400. The average molecular weight is 411 g/mol. The van der Waals surface area contributed by atoms with Crippen molar-refractivity contribution >= 4 is 29.1 Å². The molecule has 0 radical (unpaired) electrons. The number of methoxy groups -OCH3 is 1. The quantitative estimate of drug-likeness (QED) is 0.695. The third-order valence-electron chi connectivity index (χ3n) is 4.64. The van der Waals surface area contributed by atoms with Crippen molar-refractivity contribution in [1.82, 2.24) is 5.32 Å². The number of piperidine rings is 1. The molecule has 0 saturated carbocycles. The first-order valence-electron chi connectivity index (χ1n) is 9.79. The molecule has 1 saturated heterocycles. The lowest BCUT2D eigenvalue weighted by Crippen LogP contribution is -2.36. The third-order valence-corrected chi connectivity index (χ3v) is 4.64. The van der Waals surface area contributed by atoms with Gasteiger partial charge in [0.1, 0.15) is 11.5 Å². The van der Waals surface area contributed by atoms with Crippen LogP contribution in [-0.4, -0.2) is 44.5 Å². The molecule has 8 heteroatoms. The number of nitrogens with zero attached hydrogens (tertiary/aromatic N) is 1. The molecule has 0 spiro atoms. The van der Waals surface area contributed by atoms with E-state index in [1.807, 2.05) is 6.07 Å². The first-order valence-corrected chi connectivity index (χ1v) is 9.79. The summed E-state index contributed by atoms with van der Waals surface area (Å²) in [6, 6.07) is 14.1. The lowest BCUT2D eigenvalue weighted by molar-refractivity contribution is -0.125. The summed E-state index contributed by atoms with van der Waals surface area (Å²) in [5.41, 5.74) is 1.14. The Morgan fingerprint density at radius 2 is 1.87 bits per heavy atom. The Kier molecular flexibility index (Phi) is 7.26. The van der Waals surface area contributed by atoms with Crippen molar-refractivity contribution in [3.05, 3.63) is 48.5 Å². The molecule has 8 nitrogen and oxygen atoms in total. The average Bonchev–Trinajstić information content (AvgIpc) is 2.77. The fraction of sp³-hybridized carbons (Fsp3) is 0.318. The van der Waals surface area contributed by atoms with E-state index in [2.05, 4.69) is 10.6 Å². The maximum Gasteiger partial charge on any atom is 0.258 e. The van der Waals surface area contributed by atoms with Gasteiger partial charge in [-0.25, -0.2) is 0 Å². The van der Waals surface area contributed by atoms with Gasteiger partial charge in [0.2, 0.25) is 11.8 Å². The van der Waals surface area contributed by atoms with E-state index < -0.39 is 5.91 Å². The maximum absolute atomic E-state index is 12.3. The Hall–Kier alpha value is -3.55. The van der Waals surface area contributed by atoms with Gasteiger partial charge in [0.15, 0.2) is 6.61 Å². The predicted molar refractivity (Wildman–Crippen MR) is 113 cm³/mol. The van der Waals surface area contributed by atoms with Crippen molar-refractivity contribution in [3.63, 3.8) is 0 Å². The molecule has 1 aliphatic heterocycles. The van der Waals surface area contributed by atoms with Gasteiger partial charge in [-0.05, 0) is 43.2 Å². The maximum atomic E-state index is 12.3. The molecule has 0 aromatic heterocycles. The van der Waals surface area contributed by atoms with Crippen LogP contribution in [0, 0.1) is 0 Å². The number of para-hydroxylation sites is 1. The van der Waals surface area contributed by atoms with Crippen LogP contribution in [-0.2, 0) is 14.4 Å². The van der Waals surface area contributed by atoms with Gasteiger partial charge in [0.25, 0.3) is 5.91 Å². The summed E-state index contributed by atoms with van der Waals surface area (Å²) in [6.07, 6.45) is 2.29. The minimum absolute atomic E-state index is 0.0358. The van der Waals surface area contributed by atoms with Gasteiger partial charge in [-0.15, -0.1) is 0 Å². The molecule has 3 rings (SSSR count). The molecule has 0 aliphatic carbocycles. The van der Waals surface area contributed by atoms with Gasteiger partial charge in [-0.1, -0.05) is 18.2 Å². The van der Waals surface area contributed by atoms with Crippen molar-refractivity contribution < 1.29 is 23.9 Å². The summed E-state index contributed by atoms with van der Waals surface area (Å²) >= 11 is 0. The summed E-state index contributed by atoms with van der Waals surface area (Å²) in [5, 5.41) is 5.24. The van der Waals surface area contributed by atoms with Crippen LogP contribution in [0.3, 0.4) is 0 Å². The normalized spacial score (nSPS) is 13.5. The number of carbonyl (C=O) groups excluding carboxylic acids is 3. The minimum Gasteiger partial charge on any atom is -0.495 e. The second-order valence-electron chi connectivity index (χ2n) is 6.82. The molecular formula is C22H25N3O5. The van der Waals surface area contributed by atoms with Crippen LogP contribution < -0.4 is 25.0 Å². The molecule has 1 heterocycles. The van der Waals surface area contributed by atoms with Gasteiger partial charge < -0.3 is 25.0 Å². The molecule has 2 N–H and O–H groups in total. The monoisotopic (exact) mass is 411 g/mol. The predicted octanol–water partition coefficient (Wildman–Crippen LogP) is 2.35. The Morgan fingerprint density at radius 1 is 1.07 bits per heavy atom. The molecule has 0 bridgehead atoms. The lowest BCUT2D eigenvalue weighted by Gasteiger charge is -2.28. The summed E-state index contributed by atoms with van der Waals surface area (Å²) < 4.78 is 10.7. The van der Waals surface area contributed by atoms with E-state index in [1.54, 1.807) is 54.5 Å². The highest BCUT2D eigenvalue weighted by molar-refractivity contribution is 5.98. The van der Waals surface area contributed by atoms with E-state index in [-0.39, 0.29) is 25.0 Å². The van der Waals surface area contributed by atoms with E-state index in [0.29, 0.717) is 35.8 Å². The van der Waals surface area contributed by atoms with Gasteiger partial charge in [0, 0.05) is 18.7 Å². The summed E-state index contributed by atoms with van der Waals surface area (Å²) in [6.45, 7) is 0.242. The van der Waals surface area contributed by atoms with Crippen LogP contribution in [0.5, 0.6) is 11.5 Å². The number of carbonyl (C=O) groups is 3. The molecule has 2 aromatic rings. The smallest absolute Gasteiger partial charge is 0.258 e. The van der Waals surface area contributed by atoms with Crippen molar-refractivity contribution in [2.24, 2.45) is 0 Å². The van der Waals surface area contributed by atoms with Crippen LogP contribution in [0.15, 0.2) is 48.5 Å². The summed E-state index contributed by atoms with van der Waals surface area (Å²) in [7, 11) is 1.54. The van der Waals surface area contributed by atoms with Crippen LogP contribution in [0.4, 0.5) is 11.4 Å². The van der Waals surface area contributed by atoms with E-state index in [1.165, 1.54) is 0 Å². The second-order valence-corrected chi connectivity index (χ2v) is 6.82. The van der Waals surface area contributed by atoms with Gasteiger partial charge in [-0.3, -0.25) is 14.4 Å². The molecule has 3 amide bonds. The van der Waals surface area contributed by atoms with Crippen LogP contribution in [0.1, 0.15) is 19.3 Å². The van der Waals surface area contributed by atoms with Gasteiger partial charge in [-0.2, -0.15) is 0 Å². The lowest BCUT2D eigenvalue weighted by atomic mass is 10.1. The van der Waals surface area contributed by atoms with Crippen molar-refractivity contribution in [2.75, 3.05) is 37.0 Å². The molecule has 158 valence electrons. The zero-order valence-electron chi connectivity index (χ0n) is 16.8. The summed E-state index contributed by atoms with van der Waals surface area (Å²) in [5.74, 6) is 0.394. The van der Waals surface area contributed by atoms with Gasteiger partial charge in [0.05, 0.1) is 19.3 Å². The zero-order chi connectivity index (χ0) is 21.3. The van der Waals surface area contributed by atoms with E-state index >= 15 is 0 Å². The van der Waals surface area contributed by atoms with Gasteiger partial charge >= 0.3 is 0 Å².